The number of amides is 1. The normalized spacial score (nSPS) is 12.2. The minimum Gasteiger partial charge on any atom is -0.352 e. The van der Waals surface area contributed by atoms with Crippen LogP contribution in [-0.4, -0.2) is 18.5 Å². The van der Waals surface area contributed by atoms with E-state index >= 15 is 0 Å². The zero-order valence-corrected chi connectivity index (χ0v) is 9.99. The summed E-state index contributed by atoms with van der Waals surface area (Å²) in [6.07, 6.45) is 1.77. The molecule has 1 aromatic carbocycles. The van der Waals surface area contributed by atoms with Crippen LogP contribution in [0.15, 0.2) is 24.3 Å². The molecule has 1 amide bonds. The van der Waals surface area contributed by atoms with E-state index in [0.29, 0.717) is 12.1 Å². The molecule has 0 spiro atoms. The van der Waals surface area contributed by atoms with Gasteiger partial charge in [0, 0.05) is 18.2 Å². The maximum Gasteiger partial charge on any atom is 0.251 e. The molecule has 0 bridgehead atoms. The summed E-state index contributed by atoms with van der Waals surface area (Å²) < 4.78 is 0. The smallest absolute Gasteiger partial charge is 0.251 e. The van der Waals surface area contributed by atoms with Crippen molar-refractivity contribution in [3.05, 3.63) is 35.4 Å². The number of benzene rings is 1. The molecule has 1 aromatic rings. The second-order valence-electron chi connectivity index (χ2n) is 4.08. The molecule has 1 unspecified atom stereocenters. The maximum atomic E-state index is 11.7. The van der Waals surface area contributed by atoms with Crippen molar-refractivity contribution in [1.29, 1.82) is 0 Å². The van der Waals surface area contributed by atoms with Crippen molar-refractivity contribution in [2.75, 3.05) is 6.54 Å². The van der Waals surface area contributed by atoms with E-state index in [2.05, 4.69) is 5.32 Å². The van der Waals surface area contributed by atoms with Crippen molar-refractivity contribution in [3.8, 4) is 0 Å². The maximum absolute atomic E-state index is 11.7. The quantitative estimate of drug-likeness (QED) is 0.795. The predicted octanol–water partition coefficient (Wildman–Crippen LogP) is 1.85. The first-order valence-electron chi connectivity index (χ1n) is 5.74. The summed E-state index contributed by atoms with van der Waals surface area (Å²) in [5, 5.41) is 2.87. The van der Waals surface area contributed by atoms with Crippen LogP contribution in [0, 0.1) is 6.92 Å². The Hall–Kier alpha value is -1.35. The fraction of sp³-hybridized carbons (Fsp3) is 0.462. The number of carbonyl (C=O) groups is 1. The molecule has 3 nitrogen and oxygen atoms in total. The van der Waals surface area contributed by atoms with E-state index in [1.807, 2.05) is 38.1 Å². The first kappa shape index (κ1) is 12.7. The van der Waals surface area contributed by atoms with Gasteiger partial charge in [-0.15, -0.1) is 0 Å². The highest BCUT2D eigenvalue weighted by Gasteiger charge is 2.05. The molecule has 0 radical (unpaired) electrons. The Labute approximate surface area is 97.0 Å². The molecule has 0 fully saturated rings. The lowest BCUT2D eigenvalue weighted by Crippen LogP contribution is -2.30. The van der Waals surface area contributed by atoms with Crippen molar-refractivity contribution < 1.29 is 4.79 Å². The molecule has 0 aliphatic heterocycles. The number of hydrogen-bond donors (Lipinski definition) is 2. The summed E-state index contributed by atoms with van der Waals surface area (Å²) in [6.45, 7) is 4.67. The van der Waals surface area contributed by atoms with Crippen LogP contribution >= 0.6 is 0 Å². The molecule has 0 aromatic heterocycles. The average molecular weight is 220 g/mol. The van der Waals surface area contributed by atoms with Crippen LogP contribution in [0.25, 0.3) is 0 Å². The number of nitrogens with one attached hydrogen (secondary N) is 1. The standard InChI is InChI=1S/C13H20N2O/c1-3-12(14)7-8-15-13(16)11-6-4-5-10(2)9-11/h4-6,9,12H,3,7-8,14H2,1-2H3,(H,15,16). The van der Waals surface area contributed by atoms with Gasteiger partial charge in [0.2, 0.25) is 0 Å². The summed E-state index contributed by atoms with van der Waals surface area (Å²) in [5.41, 5.74) is 7.58. The molecule has 0 heterocycles. The van der Waals surface area contributed by atoms with Crippen LogP contribution in [0.5, 0.6) is 0 Å². The molecule has 0 saturated heterocycles. The number of hydrogen-bond acceptors (Lipinski definition) is 2. The van der Waals surface area contributed by atoms with E-state index in [4.69, 9.17) is 5.73 Å². The Morgan fingerprint density at radius 2 is 2.25 bits per heavy atom. The fourth-order valence-electron chi connectivity index (χ4n) is 1.46. The Morgan fingerprint density at radius 1 is 1.50 bits per heavy atom. The van der Waals surface area contributed by atoms with Crippen LogP contribution in [-0.2, 0) is 0 Å². The molecule has 3 N–H and O–H groups in total. The Morgan fingerprint density at radius 3 is 2.88 bits per heavy atom. The first-order valence-corrected chi connectivity index (χ1v) is 5.74. The molecule has 0 aliphatic carbocycles. The number of nitrogens with two attached hydrogens (primary N) is 1. The molecule has 16 heavy (non-hydrogen) atoms. The first-order chi connectivity index (χ1) is 7.63. The third-order valence-electron chi connectivity index (χ3n) is 2.61. The highest BCUT2D eigenvalue weighted by molar-refractivity contribution is 5.94. The summed E-state index contributed by atoms with van der Waals surface area (Å²) >= 11 is 0. The van der Waals surface area contributed by atoms with Gasteiger partial charge in [-0.25, -0.2) is 0 Å². The lowest BCUT2D eigenvalue weighted by atomic mass is 10.1. The van der Waals surface area contributed by atoms with Gasteiger partial charge in [0.15, 0.2) is 0 Å². The van der Waals surface area contributed by atoms with Gasteiger partial charge < -0.3 is 11.1 Å². The highest BCUT2D eigenvalue weighted by Crippen LogP contribution is 2.03. The van der Waals surface area contributed by atoms with Gasteiger partial charge in [0.05, 0.1) is 0 Å². The molecule has 1 atom stereocenters. The van der Waals surface area contributed by atoms with Gasteiger partial charge in [-0.3, -0.25) is 4.79 Å². The third-order valence-corrected chi connectivity index (χ3v) is 2.61. The van der Waals surface area contributed by atoms with Crippen LogP contribution in [0.4, 0.5) is 0 Å². The van der Waals surface area contributed by atoms with Crippen molar-refractivity contribution in [2.24, 2.45) is 5.73 Å². The van der Waals surface area contributed by atoms with Crippen molar-refractivity contribution in [2.45, 2.75) is 32.7 Å². The van der Waals surface area contributed by atoms with E-state index in [-0.39, 0.29) is 11.9 Å². The van der Waals surface area contributed by atoms with Crippen LogP contribution in [0.1, 0.15) is 35.7 Å². The lowest BCUT2D eigenvalue weighted by Gasteiger charge is -2.09. The largest absolute Gasteiger partial charge is 0.352 e. The number of aryl methyl sites for hydroxylation is 1. The average Bonchev–Trinajstić information content (AvgIpc) is 2.28. The molecule has 0 aliphatic rings. The highest BCUT2D eigenvalue weighted by atomic mass is 16.1. The van der Waals surface area contributed by atoms with Crippen LogP contribution < -0.4 is 11.1 Å². The second kappa shape index (κ2) is 6.28. The van der Waals surface area contributed by atoms with E-state index in [1.54, 1.807) is 0 Å². The van der Waals surface area contributed by atoms with Gasteiger partial charge in [-0.2, -0.15) is 0 Å². The summed E-state index contributed by atoms with van der Waals surface area (Å²) in [4.78, 5) is 11.7. The van der Waals surface area contributed by atoms with E-state index in [1.165, 1.54) is 0 Å². The molecular formula is C13H20N2O. The van der Waals surface area contributed by atoms with E-state index in [9.17, 15) is 4.79 Å². The molecule has 3 heteroatoms. The predicted molar refractivity (Wildman–Crippen MR) is 66.4 cm³/mol. The number of carbonyl (C=O) groups excluding carboxylic acids is 1. The zero-order valence-electron chi connectivity index (χ0n) is 9.99. The van der Waals surface area contributed by atoms with Gasteiger partial charge in [0.25, 0.3) is 5.91 Å². The van der Waals surface area contributed by atoms with E-state index < -0.39 is 0 Å². The minimum absolute atomic E-state index is 0.0213. The Kier molecular flexibility index (Phi) is 4.99. The summed E-state index contributed by atoms with van der Waals surface area (Å²) in [6, 6.07) is 7.75. The molecule has 88 valence electrons. The Bertz CT molecular complexity index is 350. The van der Waals surface area contributed by atoms with Gasteiger partial charge >= 0.3 is 0 Å². The van der Waals surface area contributed by atoms with Crippen LogP contribution in [0.2, 0.25) is 0 Å². The van der Waals surface area contributed by atoms with Gasteiger partial charge in [0.1, 0.15) is 0 Å². The minimum atomic E-state index is -0.0213. The van der Waals surface area contributed by atoms with Crippen molar-refractivity contribution in [1.82, 2.24) is 5.32 Å². The fourth-order valence-corrected chi connectivity index (χ4v) is 1.46. The van der Waals surface area contributed by atoms with Crippen molar-refractivity contribution in [3.63, 3.8) is 0 Å². The van der Waals surface area contributed by atoms with Crippen LogP contribution in [0.3, 0.4) is 0 Å². The van der Waals surface area contributed by atoms with E-state index in [0.717, 1.165) is 18.4 Å². The van der Waals surface area contributed by atoms with Crippen molar-refractivity contribution >= 4 is 5.91 Å². The lowest BCUT2D eigenvalue weighted by molar-refractivity contribution is 0.0952. The summed E-state index contributed by atoms with van der Waals surface area (Å²) in [7, 11) is 0. The monoisotopic (exact) mass is 220 g/mol. The molecule has 0 saturated carbocycles. The number of rotatable bonds is 5. The molecular weight excluding hydrogens is 200 g/mol. The Balaban J connectivity index is 2.41. The SMILES string of the molecule is CCC(N)CCNC(=O)c1cccc(C)c1. The zero-order chi connectivity index (χ0) is 12.0. The van der Waals surface area contributed by atoms with Gasteiger partial charge in [-0.1, -0.05) is 24.6 Å². The topological polar surface area (TPSA) is 55.1 Å². The van der Waals surface area contributed by atoms with Gasteiger partial charge in [-0.05, 0) is 31.9 Å². The summed E-state index contributed by atoms with van der Waals surface area (Å²) in [5.74, 6) is -0.0213. The second-order valence-corrected chi connectivity index (χ2v) is 4.08. The molecule has 1 rings (SSSR count). The third kappa shape index (κ3) is 4.03.